The highest BCUT2D eigenvalue weighted by Gasteiger charge is 2.43. The van der Waals surface area contributed by atoms with Crippen LogP contribution in [-0.2, 0) is 0 Å². The number of rotatable bonds is 3. The average molecular weight is 254 g/mol. The molecule has 1 nitrogen and oxygen atoms in total. The van der Waals surface area contributed by atoms with E-state index in [1.54, 1.807) is 12.1 Å². The van der Waals surface area contributed by atoms with Crippen LogP contribution in [0.25, 0.3) is 0 Å². The van der Waals surface area contributed by atoms with Crippen LogP contribution in [0.3, 0.4) is 0 Å². The maximum absolute atomic E-state index is 12.8. The molecule has 1 fully saturated rings. The summed E-state index contributed by atoms with van der Waals surface area (Å²) >= 11 is 0. The number of carbonyl (C=O) groups excluding carboxylic acids is 1. The van der Waals surface area contributed by atoms with Gasteiger partial charge in [-0.25, -0.2) is 4.39 Å². The van der Waals surface area contributed by atoms with Crippen molar-refractivity contribution in [2.75, 3.05) is 0 Å². The van der Waals surface area contributed by atoms with Crippen LogP contribution in [0.5, 0.6) is 0 Å². The van der Waals surface area contributed by atoms with Gasteiger partial charge in [0.05, 0.1) is 0 Å². The van der Waals surface area contributed by atoms with Crippen molar-refractivity contribution in [3.63, 3.8) is 0 Å². The Labute approximate surface area is 112 Å². The zero-order valence-corrected chi connectivity index (χ0v) is 10.8. The van der Waals surface area contributed by atoms with Crippen molar-refractivity contribution in [2.45, 2.75) is 19.3 Å². The highest BCUT2D eigenvalue weighted by atomic mass is 19.1. The molecule has 0 aliphatic heterocycles. The Kier molecular flexibility index (Phi) is 2.94. The normalized spacial score (nSPS) is 21.2. The Morgan fingerprint density at radius 3 is 2.32 bits per heavy atom. The van der Waals surface area contributed by atoms with E-state index >= 15 is 0 Å². The van der Waals surface area contributed by atoms with E-state index in [0.717, 1.165) is 6.42 Å². The Hall–Kier alpha value is -1.96. The number of ketones is 1. The third-order valence-electron chi connectivity index (χ3n) is 3.76. The second kappa shape index (κ2) is 4.61. The molecule has 0 unspecified atom stereocenters. The van der Waals surface area contributed by atoms with Gasteiger partial charge < -0.3 is 0 Å². The summed E-state index contributed by atoms with van der Waals surface area (Å²) in [5.41, 5.74) is 3.07. The molecule has 0 N–H and O–H groups in total. The number of benzene rings is 2. The van der Waals surface area contributed by atoms with E-state index in [2.05, 4.69) is 31.2 Å². The first-order chi connectivity index (χ1) is 9.15. The predicted molar refractivity (Wildman–Crippen MR) is 72.8 cm³/mol. The molecule has 0 heterocycles. The lowest BCUT2D eigenvalue weighted by atomic mass is 10.0. The molecule has 0 aromatic heterocycles. The van der Waals surface area contributed by atoms with Gasteiger partial charge in [0, 0.05) is 11.5 Å². The smallest absolute Gasteiger partial charge is 0.166 e. The van der Waals surface area contributed by atoms with E-state index in [4.69, 9.17) is 0 Å². The van der Waals surface area contributed by atoms with Gasteiger partial charge in [-0.1, -0.05) is 29.8 Å². The molecule has 3 rings (SSSR count). The fraction of sp³-hybridized carbons (Fsp3) is 0.235. The van der Waals surface area contributed by atoms with Crippen LogP contribution in [0.4, 0.5) is 4.39 Å². The minimum atomic E-state index is -0.303. The SMILES string of the molecule is Cc1ccc([C@H]2C[C@@H]2C(=O)c2ccc(F)cc2)cc1. The topological polar surface area (TPSA) is 17.1 Å². The lowest BCUT2D eigenvalue weighted by molar-refractivity contribution is 0.0965. The van der Waals surface area contributed by atoms with Crippen LogP contribution in [0.1, 0.15) is 33.8 Å². The quantitative estimate of drug-likeness (QED) is 0.753. The van der Waals surface area contributed by atoms with Crippen molar-refractivity contribution in [3.05, 3.63) is 71.0 Å². The third-order valence-corrected chi connectivity index (χ3v) is 3.76. The van der Waals surface area contributed by atoms with Gasteiger partial charge in [-0.05, 0) is 49.1 Å². The van der Waals surface area contributed by atoms with Crippen molar-refractivity contribution in [1.82, 2.24) is 0 Å². The Morgan fingerprint density at radius 1 is 1.05 bits per heavy atom. The zero-order chi connectivity index (χ0) is 13.4. The second-order valence-electron chi connectivity index (χ2n) is 5.23. The Bertz CT molecular complexity index is 598. The number of aryl methyl sites for hydroxylation is 1. The predicted octanol–water partition coefficient (Wildman–Crippen LogP) is 4.12. The molecule has 1 aliphatic carbocycles. The van der Waals surface area contributed by atoms with Gasteiger partial charge in [-0.2, -0.15) is 0 Å². The summed E-state index contributed by atoms with van der Waals surface area (Å²) in [6, 6.07) is 14.2. The zero-order valence-electron chi connectivity index (χ0n) is 10.8. The molecule has 1 saturated carbocycles. The Balaban J connectivity index is 1.74. The molecule has 1 aliphatic rings. The summed E-state index contributed by atoms with van der Waals surface area (Å²) in [5.74, 6) is 0.222. The fourth-order valence-corrected chi connectivity index (χ4v) is 2.50. The van der Waals surface area contributed by atoms with Crippen molar-refractivity contribution < 1.29 is 9.18 Å². The molecular weight excluding hydrogens is 239 g/mol. The minimum Gasteiger partial charge on any atom is -0.294 e. The highest BCUT2D eigenvalue weighted by Crippen LogP contribution is 2.49. The summed E-state index contributed by atoms with van der Waals surface area (Å²) in [7, 11) is 0. The number of Topliss-reactive ketones (excluding diaryl/α,β-unsaturated/α-hetero) is 1. The van der Waals surface area contributed by atoms with Crippen LogP contribution in [0, 0.1) is 18.7 Å². The summed E-state index contributed by atoms with van der Waals surface area (Å²) < 4.78 is 12.8. The lowest BCUT2D eigenvalue weighted by Crippen LogP contribution is -2.03. The number of hydrogen-bond donors (Lipinski definition) is 0. The fourth-order valence-electron chi connectivity index (χ4n) is 2.50. The summed E-state index contributed by atoms with van der Waals surface area (Å²) in [5, 5.41) is 0. The van der Waals surface area contributed by atoms with Crippen molar-refractivity contribution >= 4 is 5.78 Å². The minimum absolute atomic E-state index is 0.0631. The molecule has 0 bridgehead atoms. The summed E-state index contributed by atoms with van der Waals surface area (Å²) in [6.07, 6.45) is 0.902. The van der Waals surface area contributed by atoms with Crippen molar-refractivity contribution in [2.24, 2.45) is 5.92 Å². The van der Waals surface area contributed by atoms with Gasteiger partial charge >= 0.3 is 0 Å². The van der Waals surface area contributed by atoms with Gasteiger partial charge in [-0.15, -0.1) is 0 Å². The van der Waals surface area contributed by atoms with E-state index in [9.17, 15) is 9.18 Å². The molecule has 2 aromatic rings. The maximum Gasteiger partial charge on any atom is 0.166 e. The molecule has 2 atom stereocenters. The highest BCUT2D eigenvalue weighted by molar-refractivity contribution is 6.00. The van der Waals surface area contributed by atoms with Crippen molar-refractivity contribution in [1.29, 1.82) is 0 Å². The maximum atomic E-state index is 12.8. The van der Waals surface area contributed by atoms with Gasteiger partial charge in [0.2, 0.25) is 0 Å². The van der Waals surface area contributed by atoms with Gasteiger partial charge in [0.15, 0.2) is 5.78 Å². The largest absolute Gasteiger partial charge is 0.294 e. The third kappa shape index (κ3) is 2.43. The molecular formula is C17H15FO. The van der Waals surface area contributed by atoms with Crippen LogP contribution >= 0.6 is 0 Å². The monoisotopic (exact) mass is 254 g/mol. The van der Waals surface area contributed by atoms with E-state index in [1.807, 2.05) is 0 Å². The molecule has 0 amide bonds. The standard InChI is InChI=1S/C17H15FO/c1-11-2-4-12(5-3-11)15-10-16(15)17(19)13-6-8-14(18)9-7-13/h2-9,15-16H,10H2,1H3/t15-,16+/m1/s1. The van der Waals surface area contributed by atoms with Crippen LogP contribution in [0.15, 0.2) is 48.5 Å². The first-order valence-electron chi connectivity index (χ1n) is 6.51. The van der Waals surface area contributed by atoms with E-state index in [-0.39, 0.29) is 17.5 Å². The summed E-state index contributed by atoms with van der Waals surface area (Å²) in [6.45, 7) is 2.05. The number of halogens is 1. The Morgan fingerprint density at radius 2 is 1.68 bits per heavy atom. The van der Waals surface area contributed by atoms with E-state index < -0.39 is 0 Å². The molecule has 0 saturated heterocycles. The molecule has 2 aromatic carbocycles. The van der Waals surface area contributed by atoms with Crippen molar-refractivity contribution in [3.8, 4) is 0 Å². The van der Waals surface area contributed by atoms with Crippen LogP contribution in [0.2, 0.25) is 0 Å². The molecule has 0 spiro atoms. The van der Waals surface area contributed by atoms with Gasteiger partial charge in [0.1, 0.15) is 5.82 Å². The summed E-state index contributed by atoms with van der Waals surface area (Å²) in [4.78, 5) is 12.2. The molecule has 2 heteroatoms. The number of carbonyl (C=O) groups is 1. The van der Waals surface area contributed by atoms with E-state index in [1.165, 1.54) is 23.3 Å². The first kappa shape index (κ1) is 12.1. The van der Waals surface area contributed by atoms with Gasteiger partial charge in [-0.3, -0.25) is 4.79 Å². The number of hydrogen-bond acceptors (Lipinski definition) is 1. The van der Waals surface area contributed by atoms with Crippen LogP contribution in [-0.4, -0.2) is 5.78 Å². The molecule has 19 heavy (non-hydrogen) atoms. The molecule has 0 radical (unpaired) electrons. The van der Waals surface area contributed by atoms with E-state index in [0.29, 0.717) is 11.5 Å². The van der Waals surface area contributed by atoms with Gasteiger partial charge in [0.25, 0.3) is 0 Å². The second-order valence-corrected chi connectivity index (χ2v) is 5.23. The van der Waals surface area contributed by atoms with Crippen LogP contribution < -0.4 is 0 Å². The first-order valence-corrected chi connectivity index (χ1v) is 6.51. The molecule has 96 valence electrons. The average Bonchev–Trinajstić information content (AvgIpc) is 3.20. The lowest BCUT2D eigenvalue weighted by Gasteiger charge is -2.02.